The van der Waals surface area contributed by atoms with Gasteiger partial charge in [-0.3, -0.25) is 0 Å². The van der Waals surface area contributed by atoms with E-state index in [4.69, 9.17) is 11.6 Å². The Bertz CT molecular complexity index is 39.4. The zero-order valence-corrected chi connectivity index (χ0v) is 6.36. The highest BCUT2D eigenvalue weighted by Crippen LogP contribution is 2.04. The van der Waals surface area contributed by atoms with E-state index in [9.17, 15) is 0 Å². The van der Waals surface area contributed by atoms with E-state index in [1.165, 1.54) is 0 Å². The molecule has 0 aliphatic heterocycles. The minimum Gasteiger partial charge on any atom is -0.302 e. The predicted molar refractivity (Wildman–Crippen MR) is 36.2 cm³/mol. The van der Waals surface area contributed by atoms with E-state index in [2.05, 4.69) is 5.32 Å². The summed E-state index contributed by atoms with van der Waals surface area (Å²) in [5.74, 6) is 0. The van der Waals surface area contributed by atoms with Crippen molar-refractivity contribution in [1.82, 2.24) is 5.32 Å². The van der Waals surface area contributed by atoms with Crippen LogP contribution in [-0.4, -0.2) is 12.0 Å². The quantitative estimate of drug-likeness (QED) is 0.435. The lowest BCUT2D eigenvalue weighted by Crippen LogP contribution is -2.28. The molecular weight excluding hydrogens is 133 g/mol. The van der Waals surface area contributed by atoms with Crippen LogP contribution in [0.2, 0.25) is 0 Å². The zero-order chi connectivity index (χ0) is 5.21. The molecule has 0 aromatic rings. The zero-order valence-electron chi connectivity index (χ0n) is 4.79. The average molecular weight is 144 g/mol. The molecular formula is C4H11Cl2N. The van der Waals surface area contributed by atoms with E-state index >= 15 is 0 Å². The molecule has 1 nitrogen and oxygen atoms in total. The van der Waals surface area contributed by atoms with Crippen LogP contribution in [0.1, 0.15) is 13.8 Å². The van der Waals surface area contributed by atoms with Gasteiger partial charge in [-0.2, -0.15) is 0 Å². The van der Waals surface area contributed by atoms with Crippen LogP contribution in [0.25, 0.3) is 0 Å². The van der Waals surface area contributed by atoms with Gasteiger partial charge >= 0.3 is 0 Å². The third kappa shape index (κ3) is 10.8. The molecule has 0 bridgehead atoms. The molecule has 0 atom stereocenters. The third-order valence-electron chi connectivity index (χ3n) is 0.594. The van der Waals surface area contributed by atoms with E-state index in [0.717, 1.165) is 0 Å². The summed E-state index contributed by atoms with van der Waals surface area (Å²) >= 11 is 5.61. The smallest absolute Gasteiger partial charge is 0.0876 e. The van der Waals surface area contributed by atoms with Gasteiger partial charge in [-0.25, -0.2) is 0 Å². The first-order valence-electron chi connectivity index (χ1n) is 1.94. The van der Waals surface area contributed by atoms with Gasteiger partial charge in [0.15, 0.2) is 0 Å². The lowest BCUT2D eigenvalue weighted by Gasteiger charge is -2.11. The van der Waals surface area contributed by atoms with Crippen LogP contribution >= 0.6 is 24.0 Å². The van der Waals surface area contributed by atoms with Crippen molar-refractivity contribution in [1.29, 1.82) is 0 Å². The fourth-order valence-corrected chi connectivity index (χ4v) is 0. The molecule has 0 saturated heterocycles. The summed E-state index contributed by atoms with van der Waals surface area (Å²) in [7, 11) is 1.83. The van der Waals surface area contributed by atoms with Gasteiger partial charge in [0.25, 0.3) is 0 Å². The summed E-state index contributed by atoms with van der Waals surface area (Å²) in [6.45, 7) is 3.79. The van der Waals surface area contributed by atoms with Crippen molar-refractivity contribution in [3.05, 3.63) is 0 Å². The monoisotopic (exact) mass is 143 g/mol. The summed E-state index contributed by atoms with van der Waals surface area (Å²) in [6.07, 6.45) is 0. The Morgan fingerprint density at radius 2 is 1.57 bits per heavy atom. The molecule has 0 aliphatic rings. The van der Waals surface area contributed by atoms with Crippen LogP contribution < -0.4 is 5.32 Å². The van der Waals surface area contributed by atoms with Crippen molar-refractivity contribution in [2.24, 2.45) is 0 Å². The highest BCUT2D eigenvalue weighted by molar-refractivity contribution is 6.23. The van der Waals surface area contributed by atoms with Crippen LogP contribution in [0.4, 0.5) is 0 Å². The molecule has 0 fully saturated rings. The Labute approximate surface area is 55.8 Å². The summed E-state index contributed by atoms with van der Waals surface area (Å²) in [5, 5.41) is 2.87. The number of hydrogen-bond donors (Lipinski definition) is 1. The molecule has 0 aromatic heterocycles. The molecule has 0 amide bonds. The Kier molecular flexibility index (Phi) is 5.30. The van der Waals surface area contributed by atoms with E-state index in [1.54, 1.807) is 0 Å². The van der Waals surface area contributed by atoms with Crippen molar-refractivity contribution < 1.29 is 0 Å². The predicted octanol–water partition coefficient (Wildman–Crippen LogP) is 1.60. The average Bonchev–Trinajstić information content (AvgIpc) is 1.35. The van der Waals surface area contributed by atoms with E-state index in [0.29, 0.717) is 0 Å². The molecule has 0 aliphatic carbocycles. The molecule has 7 heavy (non-hydrogen) atoms. The topological polar surface area (TPSA) is 12.0 Å². The Morgan fingerprint density at radius 1 is 1.43 bits per heavy atom. The van der Waals surface area contributed by atoms with Gasteiger partial charge in [0.1, 0.15) is 0 Å². The number of nitrogens with one attached hydrogen (secondary N) is 1. The minimum atomic E-state index is -0.236. The molecule has 0 unspecified atom stereocenters. The van der Waals surface area contributed by atoms with Crippen molar-refractivity contribution >= 4 is 24.0 Å². The van der Waals surface area contributed by atoms with Gasteiger partial charge in [0.05, 0.1) is 5.00 Å². The molecule has 0 saturated carbocycles. The van der Waals surface area contributed by atoms with Crippen LogP contribution in [0.5, 0.6) is 0 Å². The summed E-state index contributed by atoms with van der Waals surface area (Å²) in [5.41, 5.74) is 0. The van der Waals surface area contributed by atoms with Gasteiger partial charge in [-0.05, 0) is 20.9 Å². The highest BCUT2D eigenvalue weighted by Gasteiger charge is 2.05. The molecule has 0 radical (unpaired) electrons. The van der Waals surface area contributed by atoms with Crippen LogP contribution in [0.3, 0.4) is 0 Å². The second-order valence-electron chi connectivity index (χ2n) is 1.72. The van der Waals surface area contributed by atoms with Crippen LogP contribution in [0, 0.1) is 0 Å². The molecule has 46 valence electrons. The molecule has 3 heteroatoms. The van der Waals surface area contributed by atoms with Gasteiger partial charge in [0.2, 0.25) is 0 Å². The first-order chi connectivity index (χ1) is 2.56. The molecule has 0 heterocycles. The second kappa shape index (κ2) is 3.53. The van der Waals surface area contributed by atoms with Gasteiger partial charge in [0, 0.05) is 0 Å². The second-order valence-corrected chi connectivity index (χ2v) is 2.67. The number of alkyl halides is 1. The summed E-state index contributed by atoms with van der Waals surface area (Å²) in [4.78, 5) is -0.236. The van der Waals surface area contributed by atoms with Crippen molar-refractivity contribution in [2.75, 3.05) is 7.05 Å². The first kappa shape index (κ1) is 10.5. The SMILES string of the molecule is CNC(C)(C)Cl.Cl. The van der Waals surface area contributed by atoms with Crippen LogP contribution in [0.15, 0.2) is 0 Å². The Balaban J connectivity index is 0. The van der Waals surface area contributed by atoms with Crippen molar-refractivity contribution in [3.8, 4) is 0 Å². The fraction of sp³-hybridized carbons (Fsp3) is 1.00. The lowest BCUT2D eigenvalue weighted by atomic mass is 10.4. The largest absolute Gasteiger partial charge is 0.302 e. The standard InChI is InChI=1S/C4H10ClN.ClH/c1-4(2,5)6-3;/h6H,1-3H3;1H. The normalized spacial score (nSPS) is 10.3. The molecule has 0 spiro atoms. The van der Waals surface area contributed by atoms with E-state index in [-0.39, 0.29) is 17.4 Å². The first-order valence-corrected chi connectivity index (χ1v) is 2.32. The van der Waals surface area contributed by atoms with Gasteiger partial charge in [-0.15, -0.1) is 24.0 Å². The maximum atomic E-state index is 5.61. The number of rotatable bonds is 1. The Morgan fingerprint density at radius 3 is 1.57 bits per heavy atom. The maximum absolute atomic E-state index is 5.61. The molecule has 0 rings (SSSR count). The Hall–Kier alpha value is 0.540. The minimum absolute atomic E-state index is 0. The fourth-order valence-electron chi connectivity index (χ4n) is 0. The van der Waals surface area contributed by atoms with Crippen molar-refractivity contribution in [3.63, 3.8) is 0 Å². The van der Waals surface area contributed by atoms with E-state index in [1.807, 2.05) is 20.9 Å². The van der Waals surface area contributed by atoms with Crippen molar-refractivity contribution in [2.45, 2.75) is 18.8 Å². The molecule has 0 aromatic carbocycles. The maximum Gasteiger partial charge on any atom is 0.0876 e. The van der Waals surface area contributed by atoms with Crippen LogP contribution in [-0.2, 0) is 0 Å². The molecule has 1 N–H and O–H groups in total. The number of hydrogen-bond acceptors (Lipinski definition) is 1. The van der Waals surface area contributed by atoms with E-state index < -0.39 is 0 Å². The lowest BCUT2D eigenvalue weighted by molar-refractivity contribution is 0.596. The summed E-state index contributed by atoms with van der Waals surface area (Å²) in [6, 6.07) is 0. The van der Waals surface area contributed by atoms with Gasteiger partial charge < -0.3 is 5.32 Å². The highest BCUT2D eigenvalue weighted by atomic mass is 35.5. The van der Waals surface area contributed by atoms with Gasteiger partial charge in [-0.1, -0.05) is 0 Å². The number of halogens is 2. The third-order valence-corrected chi connectivity index (χ3v) is 0.783. The summed E-state index contributed by atoms with van der Waals surface area (Å²) < 4.78 is 0.